The van der Waals surface area contributed by atoms with Crippen molar-refractivity contribution in [3.63, 3.8) is 0 Å². The van der Waals surface area contributed by atoms with Gasteiger partial charge in [0, 0.05) is 5.69 Å². The zero-order chi connectivity index (χ0) is 17.6. The smallest absolute Gasteiger partial charge is 0.287 e. The monoisotopic (exact) mass is 358 g/mol. The molecule has 5 nitrogen and oxygen atoms in total. The zero-order valence-electron chi connectivity index (χ0n) is 14.2. The molecule has 0 spiro atoms. The van der Waals surface area contributed by atoms with Gasteiger partial charge in [0.05, 0.1) is 6.26 Å². The normalized spacial score (nSPS) is 14.0. The lowest BCUT2D eigenvalue weighted by molar-refractivity contribution is -0.118. The zero-order valence-corrected chi connectivity index (χ0v) is 15.0. The minimum atomic E-state index is -0.599. The number of fused-ring (bicyclic) bond motifs is 1. The molecule has 1 aliphatic rings. The molecule has 0 saturated heterocycles. The summed E-state index contributed by atoms with van der Waals surface area (Å²) in [6.45, 7) is 0. The number of anilines is 1. The van der Waals surface area contributed by atoms with E-state index in [2.05, 4.69) is 16.7 Å². The van der Waals surface area contributed by atoms with Crippen molar-refractivity contribution in [2.24, 2.45) is 0 Å². The molecular formula is C19H22N2O3S. The van der Waals surface area contributed by atoms with Crippen molar-refractivity contribution < 1.29 is 14.0 Å². The van der Waals surface area contributed by atoms with E-state index in [9.17, 15) is 9.59 Å². The molecule has 3 rings (SSSR count). The van der Waals surface area contributed by atoms with Crippen molar-refractivity contribution >= 4 is 29.3 Å². The first-order valence-corrected chi connectivity index (χ1v) is 9.82. The van der Waals surface area contributed by atoms with Gasteiger partial charge >= 0.3 is 0 Å². The van der Waals surface area contributed by atoms with E-state index in [0.717, 1.165) is 24.3 Å². The second-order valence-electron chi connectivity index (χ2n) is 6.11. The molecule has 1 atom stereocenters. The number of hydrogen-bond acceptors (Lipinski definition) is 4. The molecule has 1 aliphatic carbocycles. The SMILES string of the molecule is CSCC[C@H](NC(=O)c1ccco1)C(=O)Nc1ccc2c(c1)CCC2. The molecule has 132 valence electrons. The molecule has 0 bridgehead atoms. The van der Waals surface area contributed by atoms with Gasteiger partial charge in [-0.3, -0.25) is 9.59 Å². The van der Waals surface area contributed by atoms with Crippen LogP contribution in [-0.4, -0.2) is 29.9 Å². The first-order valence-electron chi connectivity index (χ1n) is 8.43. The van der Waals surface area contributed by atoms with E-state index in [4.69, 9.17) is 4.42 Å². The van der Waals surface area contributed by atoms with Crippen LogP contribution in [0.15, 0.2) is 41.0 Å². The maximum atomic E-state index is 12.7. The number of furan rings is 1. The summed E-state index contributed by atoms with van der Waals surface area (Å²) in [7, 11) is 0. The lowest BCUT2D eigenvalue weighted by atomic mass is 10.1. The van der Waals surface area contributed by atoms with Gasteiger partial charge in [0.2, 0.25) is 5.91 Å². The highest BCUT2D eigenvalue weighted by Crippen LogP contribution is 2.25. The van der Waals surface area contributed by atoms with E-state index in [1.54, 1.807) is 23.9 Å². The number of amides is 2. The third-order valence-electron chi connectivity index (χ3n) is 4.34. The Balaban J connectivity index is 1.67. The highest BCUT2D eigenvalue weighted by atomic mass is 32.2. The summed E-state index contributed by atoms with van der Waals surface area (Å²) in [6.07, 6.45) is 7.32. The van der Waals surface area contributed by atoms with Crippen LogP contribution >= 0.6 is 11.8 Å². The second kappa shape index (κ2) is 8.25. The van der Waals surface area contributed by atoms with Crippen LogP contribution in [-0.2, 0) is 17.6 Å². The molecule has 0 unspecified atom stereocenters. The standard InChI is InChI=1S/C19H22N2O3S/c1-25-11-9-16(21-19(23)17-6-3-10-24-17)18(22)20-15-8-7-13-4-2-5-14(13)12-15/h3,6-8,10,12,16H,2,4-5,9,11H2,1H3,(H,20,22)(H,21,23)/t16-/m0/s1. The van der Waals surface area contributed by atoms with Crippen molar-refractivity contribution in [3.8, 4) is 0 Å². The van der Waals surface area contributed by atoms with Gasteiger partial charge in [0.1, 0.15) is 6.04 Å². The average molecular weight is 358 g/mol. The summed E-state index contributed by atoms with van der Waals surface area (Å²) < 4.78 is 5.10. The average Bonchev–Trinajstić information content (AvgIpc) is 3.29. The number of thioether (sulfide) groups is 1. The third kappa shape index (κ3) is 4.45. The maximum absolute atomic E-state index is 12.7. The van der Waals surface area contributed by atoms with Crippen LogP contribution in [0.4, 0.5) is 5.69 Å². The van der Waals surface area contributed by atoms with E-state index in [0.29, 0.717) is 6.42 Å². The summed E-state index contributed by atoms with van der Waals surface area (Å²) in [4.78, 5) is 24.9. The summed E-state index contributed by atoms with van der Waals surface area (Å²) >= 11 is 1.64. The van der Waals surface area contributed by atoms with Gasteiger partial charge in [-0.25, -0.2) is 0 Å². The van der Waals surface area contributed by atoms with Gasteiger partial charge in [-0.1, -0.05) is 6.07 Å². The molecule has 0 saturated carbocycles. The Morgan fingerprint density at radius 1 is 1.24 bits per heavy atom. The topological polar surface area (TPSA) is 71.3 Å². The minimum Gasteiger partial charge on any atom is -0.459 e. The Hall–Kier alpha value is -2.21. The van der Waals surface area contributed by atoms with Crippen LogP contribution in [0, 0.1) is 0 Å². The molecule has 2 aromatic rings. The highest BCUT2D eigenvalue weighted by molar-refractivity contribution is 7.98. The molecular weight excluding hydrogens is 336 g/mol. The number of benzene rings is 1. The lowest BCUT2D eigenvalue weighted by Gasteiger charge is -2.18. The largest absolute Gasteiger partial charge is 0.459 e. The summed E-state index contributed by atoms with van der Waals surface area (Å²) in [5.74, 6) is 0.410. The fourth-order valence-electron chi connectivity index (χ4n) is 3.02. The second-order valence-corrected chi connectivity index (χ2v) is 7.10. The molecule has 1 aromatic carbocycles. The van der Waals surface area contributed by atoms with E-state index in [-0.39, 0.29) is 17.6 Å². The first kappa shape index (κ1) is 17.6. The predicted octanol–water partition coefficient (Wildman–Crippen LogP) is 3.26. The van der Waals surface area contributed by atoms with Crippen LogP contribution in [0.3, 0.4) is 0 Å². The fraction of sp³-hybridized carbons (Fsp3) is 0.368. The molecule has 2 N–H and O–H groups in total. The third-order valence-corrected chi connectivity index (χ3v) is 4.99. The van der Waals surface area contributed by atoms with Crippen molar-refractivity contribution in [2.75, 3.05) is 17.3 Å². The Morgan fingerprint density at radius 3 is 2.84 bits per heavy atom. The van der Waals surface area contributed by atoms with Crippen LogP contribution < -0.4 is 10.6 Å². The molecule has 0 aliphatic heterocycles. The minimum absolute atomic E-state index is 0.202. The lowest BCUT2D eigenvalue weighted by Crippen LogP contribution is -2.44. The Morgan fingerprint density at radius 2 is 2.08 bits per heavy atom. The summed E-state index contributed by atoms with van der Waals surface area (Å²) in [5.41, 5.74) is 3.45. The van der Waals surface area contributed by atoms with Crippen molar-refractivity contribution in [1.82, 2.24) is 5.32 Å². The molecule has 25 heavy (non-hydrogen) atoms. The molecule has 2 amide bonds. The quantitative estimate of drug-likeness (QED) is 0.797. The molecule has 0 fully saturated rings. The number of hydrogen-bond donors (Lipinski definition) is 2. The maximum Gasteiger partial charge on any atom is 0.287 e. The van der Waals surface area contributed by atoms with E-state index >= 15 is 0 Å². The van der Waals surface area contributed by atoms with E-state index < -0.39 is 6.04 Å². The highest BCUT2D eigenvalue weighted by Gasteiger charge is 2.23. The van der Waals surface area contributed by atoms with E-state index in [1.165, 1.54) is 23.8 Å². The number of nitrogens with one attached hydrogen (secondary N) is 2. The summed E-state index contributed by atoms with van der Waals surface area (Å²) in [5, 5.41) is 5.71. The van der Waals surface area contributed by atoms with Crippen molar-refractivity contribution in [2.45, 2.75) is 31.7 Å². The van der Waals surface area contributed by atoms with Crippen molar-refractivity contribution in [3.05, 3.63) is 53.5 Å². The number of carbonyl (C=O) groups is 2. The Bertz CT molecular complexity index is 743. The van der Waals surface area contributed by atoms with Crippen molar-refractivity contribution in [1.29, 1.82) is 0 Å². The van der Waals surface area contributed by atoms with Gasteiger partial charge in [-0.15, -0.1) is 0 Å². The molecule has 0 radical (unpaired) electrons. The fourth-order valence-corrected chi connectivity index (χ4v) is 3.49. The van der Waals surface area contributed by atoms with Crippen LogP contribution in [0.25, 0.3) is 0 Å². The molecule has 1 heterocycles. The van der Waals surface area contributed by atoms with Crippen LogP contribution in [0.1, 0.15) is 34.5 Å². The molecule has 1 aromatic heterocycles. The van der Waals surface area contributed by atoms with E-state index in [1.807, 2.05) is 18.4 Å². The Labute approximate surface area is 151 Å². The summed E-state index contributed by atoms with van der Waals surface area (Å²) in [6, 6.07) is 8.69. The molecule has 6 heteroatoms. The van der Waals surface area contributed by atoms with Gasteiger partial charge in [0.25, 0.3) is 5.91 Å². The first-order chi connectivity index (χ1) is 12.2. The van der Waals surface area contributed by atoms with Gasteiger partial charge < -0.3 is 15.1 Å². The Kier molecular flexibility index (Phi) is 5.81. The number of carbonyl (C=O) groups excluding carboxylic acids is 2. The van der Waals surface area contributed by atoms with Gasteiger partial charge in [-0.2, -0.15) is 11.8 Å². The van der Waals surface area contributed by atoms with Gasteiger partial charge in [-0.05, 0) is 73.1 Å². The number of rotatable bonds is 7. The van der Waals surface area contributed by atoms with Crippen LogP contribution in [0.5, 0.6) is 0 Å². The number of aryl methyl sites for hydroxylation is 2. The predicted molar refractivity (Wildman–Crippen MR) is 100 cm³/mol. The van der Waals surface area contributed by atoms with Crippen LogP contribution in [0.2, 0.25) is 0 Å². The van der Waals surface area contributed by atoms with Gasteiger partial charge in [0.15, 0.2) is 5.76 Å².